The summed E-state index contributed by atoms with van der Waals surface area (Å²) in [4.78, 5) is 25.9. The molecule has 1 aliphatic rings. The normalized spacial score (nSPS) is 16.9. The molecule has 21 heavy (non-hydrogen) atoms. The Hall–Kier alpha value is -1.34. The third-order valence-corrected chi connectivity index (χ3v) is 3.33. The molecule has 0 spiro atoms. The smallest absolute Gasteiger partial charge is 0.319 e. The van der Waals surface area contributed by atoms with E-state index in [1.165, 1.54) is 4.90 Å². The molecule has 1 aliphatic heterocycles. The second-order valence-corrected chi connectivity index (χ2v) is 6.15. The number of nitrogens with zero attached hydrogens (tertiary/aromatic N) is 2. The van der Waals surface area contributed by atoms with Crippen molar-refractivity contribution in [1.82, 2.24) is 9.80 Å². The minimum absolute atomic E-state index is 0.00741. The van der Waals surface area contributed by atoms with E-state index in [0.29, 0.717) is 25.9 Å². The maximum Gasteiger partial charge on any atom is 0.319 e. The van der Waals surface area contributed by atoms with Crippen LogP contribution in [0.5, 0.6) is 0 Å². The number of likely N-dealkylation sites (N-methyl/N-ethyl adjacent to an activating group) is 1. The van der Waals surface area contributed by atoms with Crippen LogP contribution in [0.2, 0.25) is 0 Å². The summed E-state index contributed by atoms with van der Waals surface area (Å²) in [5.41, 5.74) is -0.914. The summed E-state index contributed by atoms with van der Waals surface area (Å²) in [6, 6.07) is -0.0962. The van der Waals surface area contributed by atoms with Crippen LogP contribution in [0.3, 0.4) is 0 Å². The van der Waals surface area contributed by atoms with Gasteiger partial charge in [0.1, 0.15) is 0 Å². The van der Waals surface area contributed by atoms with E-state index in [9.17, 15) is 14.7 Å². The van der Waals surface area contributed by atoms with Gasteiger partial charge in [0.25, 0.3) is 0 Å². The number of aliphatic carboxylic acids is 1. The molecule has 0 aliphatic carbocycles. The Kier molecular flexibility index (Phi) is 6.42. The fraction of sp³-hybridized carbons (Fsp3) is 0.857. The van der Waals surface area contributed by atoms with Gasteiger partial charge in [0.2, 0.25) is 0 Å². The van der Waals surface area contributed by atoms with Crippen LogP contribution in [0.4, 0.5) is 4.79 Å². The average Bonchev–Trinajstić information content (AvgIpc) is 2.36. The first-order valence-electron chi connectivity index (χ1n) is 7.25. The summed E-state index contributed by atoms with van der Waals surface area (Å²) >= 11 is 0. The van der Waals surface area contributed by atoms with Crippen molar-refractivity contribution in [3.8, 4) is 0 Å². The Balaban J connectivity index is 2.31. The van der Waals surface area contributed by atoms with Crippen LogP contribution in [0, 0.1) is 0 Å². The van der Waals surface area contributed by atoms with Crippen molar-refractivity contribution in [2.75, 3.05) is 33.3 Å². The highest BCUT2D eigenvalue weighted by Gasteiger charge is 2.27. The van der Waals surface area contributed by atoms with Gasteiger partial charge in [-0.05, 0) is 26.7 Å². The Bertz CT molecular complexity index is 359. The van der Waals surface area contributed by atoms with Crippen molar-refractivity contribution >= 4 is 12.0 Å². The molecule has 0 aromatic rings. The first-order chi connectivity index (χ1) is 9.69. The van der Waals surface area contributed by atoms with Crippen LogP contribution in [-0.2, 0) is 9.53 Å². The molecule has 7 nitrogen and oxygen atoms in total. The zero-order valence-corrected chi connectivity index (χ0v) is 13.0. The molecule has 2 amide bonds. The topological polar surface area (TPSA) is 90.3 Å². The minimum Gasteiger partial charge on any atom is -0.481 e. The summed E-state index contributed by atoms with van der Waals surface area (Å²) in [7, 11) is 1.68. The zero-order chi connectivity index (χ0) is 16.0. The number of amides is 2. The van der Waals surface area contributed by atoms with Gasteiger partial charge < -0.3 is 24.7 Å². The van der Waals surface area contributed by atoms with Crippen LogP contribution < -0.4 is 0 Å². The fourth-order valence-corrected chi connectivity index (χ4v) is 2.42. The van der Waals surface area contributed by atoms with Crippen molar-refractivity contribution in [2.45, 2.75) is 44.8 Å². The molecule has 1 saturated heterocycles. The van der Waals surface area contributed by atoms with Crippen molar-refractivity contribution < 1.29 is 24.5 Å². The molecule has 2 N–H and O–H groups in total. The van der Waals surface area contributed by atoms with Gasteiger partial charge in [0.15, 0.2) is 0 Å². The van der Waals surface area contributed by atoms with Gasteiger partial charge in [-0.25, -0.2) is 4.79 Å². The fourth-order valence-electron chi connectivity index (χ4n) is 2.42. The summed E-state index contributed by atoms with van der Waals surface area (Å²) < 4.78 is 5.49. The summed E-state index contributed by atoms with van der Waals surface area (Å²) in [6.45, 7) is 5.01. The number of aliphatic hydroxyl groups is 1. The summed E-state index contributed by atoms with van der Waals surface area (Å²) in [6.07, 6.45) is 1.45. The molecule has 0 atom stereocenters. The number of carbonyl (C=O) groups excluding carboxylic acids is 1. The van der Waals surface area contributed by atoms with E-state index in [0.717, 1.165) is 0 Å². The van der Waals surface area contributed by atoms with E-state index >= 15 is 0 Å². The standard InChI is InChI=1S/C14H26N2O5/c1-14(2,20)10-15(3)13(19)16-7-4-11(5-8-16)21-9-6-12(17)18/h11,20H,4-10H2,1-3H3,(H,17,18). The lowest BCUT2D eigenvalue weighted by molar-refractivity contribution is -0.138. The number of carboxylic acid groups (broad SMARTS) is 1. The van der Waals surface area contributed by atoms with Crippen LogP contribution in [0.15, 0.2) is 0 Å². The number of rotatable bonds is 6. The van der Waals surface area contributed by atoms with Crippen LogP contribution in [0.25, 0.3) is 0 Å². The quantitative estimate of drug-likeness (QED) is 0.756. The van der Waals surface area contributed by atoms with Crippen molar-refractivity contribution in [2.24, 2.45) is 0 Å². The van der Waals surface area contributed by atoms with Crippen LogP contribution in [0.1, 0.15) is 33.1 Å². The molecule has 0 radical (unpaired) electrons. The number of urea groups is 1. The molecular formula is C14H26N2O5. The SMILES string of the molecule is CN(CC(C)(C)O)C(=O)N1CCC(OCCC(=O)O)CC1. The van der Waals surface area contributed by atoms with Crippen LogP contribution in [-0.4, -0.2) is 77.0 Å². The molecule has 0 bridgehead atoms. The molecule has 122 valence electrons. The van der Waals surface area contributed by atoms with E-state index in [-0.39, 0.29) is 31.7 Å². The van der Waals surface area contributed by atoms with Gasteiger partial charge in [0, 0.05) is 20.1 Å². The lowest BCUT2D eigenvalue weighted by Crippen LogP contribution is -2.49. The Labute approximate surface area is 125 Å². The van der Waals surface area contributed by atoms with Gasteiger partial charge in [-0.3, -0.25) is 4.79 Å². The second-order valence-electron chi connectivity index (χ2n) is 6.15. The Morgan fingerprint density at radius 3 is 2.38 bits per heavy atom. The molecule has 1 rings (SSSR count). The third kappa shape index (κ3) is 6.77. The Morgan fingerprint density at radius 2 is 1.90 bits per heavy atom. The number of piperidine rings is 1. The van der Waals surface area contributed by atoms with E-state index in [1.807, 2.05) is 0 Å². The molecule has 7 heteroatoms. The van der Waals surface area contributed by atoms with Gasteiger partial charge in [-0.2, -0.15) is 0 Å². The molecule has 0 unspecified atom stereocenters. The van der Waals surface area contributed by atoms with E-state index in [4.69, 9.17) is 9.84 Å². The maximum absolute atomic E-state index is 12.2. The van der Waals surface area contributed by atoms with Crippen molar-refractivity contribution in [3.63, 3.8) is 0 Å². The van der Waals surface area contributed by atoms with Gasteiger partial charge >= 0.3 is 12.0 Å². The molecule has 1 heterocycles. The maximum atomic E-state index is 12.2. The largest absolute Gasteiger partial charge is 0.481 e. The van der Waals surface area contributed by atoms with E-state index in [1.54, 1.807) is 25.8 Å². The monoisotopic (exact) mass is 302 g/mol. The predicted octanol–water partition coefficient (Wildman–Crippen LogP) is 0.765. The number of likely N-dealkylation sites (tertiary alicyclic amines) is 1. The molecule has 1 fully saturated rings. The number of ether oxygens (including phenoxy) is 1. The molecular weight excluding hydrogens is 276 g/mol. The van der Waals surface area contributed by atoms with E-state index < -0.39 is 11.6 Å². The highest BCUT2D eigenvalue weighted by atomic mass is 16.5. The molecule has 0 saturated carbocycles. The molecule has 0 aromatic carbocycles. The first kappa shape index (κ1) is 17.7. The minimum atomic E-state index is -0.914. The second kappa shape index (κ2) is 7.61. The van der Waals surface area contributed by atoms with E-state index in [2.05, 4.69) is 0 Å². The number of hydrogen-bond donors (Lipinski definition) is 2. The van der Waals surface area contributed by atoms with Gasteiger partial charge in [0.05, 0.1) is 31.3 Å². The van der Waals surface area contributed by atoms with Gasteiger partial charge in [-0.15, -0.1) is 0 Å². The number of carboxylic acids is 1. The van der Waals surface area contributed by atoms with Crippen molar-refractivity contribution in [1.29, 1.82) is 0 Å². The summed E-state index contributed by atoms with van der Waals surface area (Å²) in [5, 5.41) is 18.3. The summed E-state index contributed by atoms with van der Waals surface area (Å²) in [5.74, 6) is -0.865. The van der Waals surface area contributed by atoms with Crippen LogP contribution >= 0.6 is 0 Å². The number of carbonyl (C=O) groups is 2. The van der Waals surface area contributed by atoms with Crippen molar-refractivity contribution in [3.05, 3.63) is 0 Å². The highest BCUT2D eigenvalue weighted by molar-refractivity contribution is 5.74. The first-order valence-corrected chi connectivity index (χ1v) is 7.25. The molecule has 0 aromatic heterocycles. The third-order valence-electron chi connectivity index (χ3n) is 3.33. The zero-order valence-electron chi connectivity index (χ0n) is 13.0. The Morgan fingerprint density at radius 1 is 1.33 bits per heavy atom. The lowest BCUT2D eigenvalue weighted by Gasteiger charge is -2.36. The van der Waals surface area contributed by atoms with Gasteiger partial charge in [-0.1, -0.05) is 0 Å². The lowest BCUT2D eigenvalue weighted by atomic mass is 10.1. The number of hydrogen-bond acceptors (Lipinski definition) is 4. The average molecular weight is 302 g/mol. The highest BCUT2D eigenvalue weighted by Crippen LogP contribution is 2.16. The predicted molar refractivity (Wildman–Crippen MR) is 77.1 cm³/mol.